The molecule has 0 atom stereocenters. The van der Waals surface area contributed by atoms with E-state index in [4.69, 9.17) is 32.7 Å². The Morgan fingerprint density at radius 1 is 0.966 bits per heavy atom. The van der Waals surface area contributed by atoms with Gasteiger partial charge in [0, 0.05) is 10.0 Å². The zero-order valence-electron chi connectivity index (χ0n) is 15.7. The highest BCUT2D eigenvalue weighted by Crippen LogP contribution is 2.36. The summed E-state index contributed by atoms with van der Waals surface area (Å²) in [4.78, 5) is 0. The molecule has 0 unspecified atom stereocenters. The van der Waals surface area contributed by atoms with Crippen molar-refractivity contribution in [2.24, 2.45) is 5.10 Å². The Labute approximate surface area is 188 Å². The van der Waals surface area contributed by atoms with Gasteiger partial charge in [-0.25, -0.2) is 0 Å². The van der Waals surface area contributed by atoms with Gasteiger partial charge >= 0.3 is 0 Å². The van der Waals surface area contributed by atoms with Crippen molar-refractivity contribution in [3.05, 3.63) is 91.9 Å². The number of nitrogens with zero attached hydrogens (tertiary/aromatic N) is 1. The number of hydrogen-bond acceptors (Lipinski definition) is 4. The number of methoxy groups -OCH3 is 1. The summed E-state index contributed by atoms with van der Waals surface area (Å²) in [6, 6.07) is 18.9. The third kappa shape index (κ3) is 6.39. The third-order valence-corrected chi connectivity index (χ3v) is 5.14. The first kappa shape index (κ1) is 21.5. The lowest BCUT2D eigenvalue weighted by atomic mass is 10.2. The first-order valence-corrected chi connectivity index (χ1v) is 10.3. The van der Waals surface area contributed by atoms with Crippen LogP contribution in [-0.4, -0.2) is 13.3 Å². The molecule has 0 heterocycles. The maximum absolute atomic E-state index is 5.95. The molecule has 0 fully saturated rings. The molecule has 0 aliphatic rings. The number of ether oxygens (including phenoxy) is 2. The summed E-state index contributed by atoms with van der Waals surface area (Å²) in [5.41, 5.74) is 6.00. The van der Waals surface area contributed by atoms with Crippen molar-refractivity contribution in [2.45, 2.75) is 13.2 Å². The summed E-state index contributed by atoms with van der Waals surface area (Å²) >= 11 is 15.4. The maximum Gasteiger partial charge on any atom is 0.175 e. The zero-order valence-corrected chi connectivity index (χ0v) is 18.8. The third-order valence-electron chi connectivity index (χ3n) is 4.05. The second-order valence-electron chi connectivity index (χ2n) is 6.17. The number of halogens is 3. The van der Waals surface area contributed by atoms with E-state index in [0.717, 1.165) is 21.2 Å². The lowest BCUT2D eigenvalue weighted by Gasteiger charge is -2.13. The highest BCUT2D eigenvalue weighted by molar-refractivity contribution is 9.10. The van der Waals surface area contributed by atoms with E-state index < -0.39 is 0 Å². The number of hydrogen-bond donors (Lipinski definition) is 1. The first-order valence-electron chi connectivity index (χ1n) is 8.80. The molecular weight excluding hydrogens is 475 g/mol. The van der Waals surface area contributed by atoms with Crippen LogP contribution in [0.25, 0.3) is 0 Å². The second kappa shape index (κ2) is 10.5. The highest BCUT2D eigenvalue weighted by Gasteiger charge is 2.11. The summed E-state index contributed by atoms with van der Waals surface area (Å²) in [6.45, 7) is 1.01. The van der Waals surface area contributed by atoms with Gasteiger partial charge < -0.3 is 14.9 Å². The molecule has 0 aliphatic heterocycles. The van der Waals surface area contributed by atoms with Crippen molar-refractivity contribution in [1.29, 1.82) is 0 Å². The van der Waals surface area contributed by atoms with E-state index in [9.17, 15) is 0 Å². The van der Waals surface area contributed by atoms with E-state index in [1.165, 1.54) is 0 Å². The zero-order chi connectivity index (χ0) is 20.6. The Kier molecular flexibility index (Phi) is 7.81. The van der Waals surface area contributed by atoms with Crippen LogP contribution >= 0.6 is 39.1 Å². The molecule has 3 rings (SSSR count). The van der Waals surface area contributed by atoms with Gasteiger partial charge in [-0.15, -0.1) is 0 Å². The molecule has 0 bridgehead atoms. The summed E-state index contributed by atoms with van der Waals surface area (Å²) in [5, 5.41) is 5.68. The SMILES string of the molecule is COc1cc(/C=N\NCc2ccc(Cl)cc2)cc(Br)c1OCc1ccc(Cl)cc1. The van der Waals surface area contributed by atoms with Crippen molar-refractivity contribution in [3.63, 3.8) is 0 Å². The van der Waals surface area contributed by atoms with Crippen molar-refractivity contribution in [2.75, 3.05) is 7.11 Å². The highest BCUT2D eigenvalue weighted by atomic mass is 79.9. The molecule has 0 aliphatic carbocycles. The van der Waals surface area contributed by atoms with Crippen molar-refractivity contribution in [1.82, 2.24) is 5.43 Å². The molecular formula is C22H19BrCl2N2O2. The number of nitrogens with one attached hydrogen (secondary N) is 1. The molecule has 0 saturated carbocycles. The number of benzene rings is 3. The number of rotatable bonds is 8. The summed E-state index contributed by atoms with van der Waals surface area (Å²) in [6.07, 6.45) is 1.73. The Bertz CT molecular complexity index is 977. The minimum atomic E-state index is 0.405. The van der Waals surface area contributed by atoms with Gasteiger partial charge in [-0.3, -0.25) is 0 Å². The molecule has 0 aromatic heterocycles. The average molecular weight is 494 g/mol. The first-order chi connectivity index (χ1) is 14.0. The monoisotopic (exact) mass is 492 g/mol. The van der Waals surface area contributed by atoms with Gasteiger partial charge in [0.25, 0.3) is 0 Å². The van der Waals surface area contributed by atoms with Gasteiger partial charge in [-0.05, 0) is 69.0 Å². The van der Waals surface area contributed by atoms with Gasteiger partial charge in [0.1, 0.15) is 6.61 Å². The van der Waals surface area contributed by atoms with Crippen LogP contribution in [0, 0.1) is 0 Å². The van der Waals surface area contributed by atoms with Crippen LogP contribution in [0.15, 0.2) is 70.2 Å². The van der Waals surface area contributed by atoms with Crippen LogP contribution in [-0.2, 0) is 13.2 Å². The second-order valence-corrected chi connectivity index (χ2v) is 7.90. The maximum atomic E-state index is 5.95. The predicted molar refractivity (Wildman–Crippen MR) is 122 cm³/mol. The summed E-state index contributed by atoms with van der Waals surface area (Å²) in [7, 11) is 1.61. The van der Waals surface area contributed by atoms with Crippen LogP contribution in [0.5, 0.6) is 11.5 Å². The van der Waals surface area contributed by atoms with Crippen molar-refractivity contribution >= 4 is 45.3 Å². The van der Waals surface area contributed by atoms with E-state index >= 15 is 0 Å². The molecule has 4 nitrogen and oxygen atoms in total. The topological polar surface area (TPSA) is 42.8 Å². The fraction of sp³-hybridized carbons (Fsp3) is 0.136. The molecule has 3 aromatic carbocycles. The van der Waals surface area contributed by atoms with E-state index in [-0.39, 0.29) is 0 Å². The average Bonchev–Trinajstić information content (AvgIpc) is 2.72. The number of hydrazone groups is 1. The molecule has 29 heavy (non-hydrogen) atoms. The normalized spacial score (nSPS) is 10.9. The Hall–Kier alpha value is -2.21. The molecule has 0 saturated heterocycles. The Morgan fingerprint density at radius 2 is 1.59 bits per heavy atom. The Balaban J connectivity index is 1.63. The van der Waals surface area contributed by atoms with E-state index in [1.54, 1.807) is 13.3 Å². The predicted octanol–water partition coefficient (Wildman–Crippen LogP) is 6.47. The summed E-state index contributed by atoms with van der Waals surface area (Å²) in [5.74, 6) is 1.25. The van der Waals surface area contributed by atoms with Crippen LogP contribution in [0.4, 0.5) is 0 Å². The van der Waals surface area contributed by atoms with E-state index in [0.29, 0.717) is 34.7 Å². The van der Waals surface area contributed by atoms with Crippen LogP contribution in [0.2, 0.25) is 10.0 Å². The van der Waals surface area contributed by atoms with Gasteiger partial charge in [-0.1, -0.05) is 47.5 Å². The van der Waals surface area contributed by atoms with Crippen molar-refractivity contribution in [3.8, 4) is 11.5 Å². The Morgan fingerprint density at radius 3 is 2.21 bits per heavy atom. The minimum Gasteiger partial charge on any atom is -0.493 e. The molecule has 0 spiro atoms. The van der Waals surface area contributed by atoms with Gasteiger partial charge in [0.15, 0.2) is 11.5 Å². The van der Waals surface area contributed by atoms with Gasteiger partial charge in [0.2, 0.25) is 0 Å². The van der Waals surface area contributed by atoms with Crippen LogP contribution in [0.3, 0.4) is 0 Å². The fourth-order valence-corrected chi connectivity index (χ4v) is 3.38. The lowest BCUT2D eigenvalue weighted by molar-refractivity contribution is 0.282. The molecule has 0 amide bonds. The van der Waals surface area contributed by atoms with E-state index in [1.807, 2.05) is 60.7 Å². The smallest absolute Gasteiger partial charge is 0.175 e. The summed E-state index contributed by atoms with van der Waals surface area (Å²) < 4.78 is 12.2. The van der Waals surface area contributed by atoms with Gasteiger partial charge in [-0.2, -0.15) is 5.10 Å². The van der Waals surface area contributed by atoms with Crippen LogP contribution in [0.1, 0.15) is 16.7 Å². The lowest BCUT2D eigenvalue weighted by Crippen LogP contribution is -2.05. The molecule has 7 heteroatoms. The largest absolute Gasteiger partial charge is 0.493 e. The molecule has 0 radical (unpaired) electrons. The standard InChI is InChI=1S/C22H19BrCl2N2O2/c1-28-21-11-17(13-27-26-12-15-2-6-18(24)7-3-15)10-20(23)22(21)29-14-16-4-8-19(25)9-5-16/h2-11,13,26H,12,14H2,1H3/b27-13-. The molecule has 3 aromatic rings. The quantitative estimate of drug-likeness (QED) is 0.289. The molecule has 150 valence electrons. The van der Waals surface area contributed by atoms with Crippen molar-refractivity contribution < 1.29 is 9.47 Å². The minimum absolute atomic E-state index is 0.405. The molecule has 1 N–H and O–H groups in total. The van der Waals surface area contributed by atoms with Gasteiger partial charge in [0.05, 0.1) is 24.3 Å². The fourth-order valence-electron chi connectivity index (χ4n) is 2.55. The van der Waals surface area contributed by atoms with E-state index in [2.05, 4.69) is 26.5 Å². The van der Waals surface area contributed by atoms with Crippen LogP contribution < -0.4 is 14.9 Å².